The topological polar surface area (TPSA) is 94.6 Å². The molecule has 2 rings (SSSR count). The third kappa shape index (κ3) is 5.66. The number of hydrogen-bond acceptors (Lipinski definition) is 7. The van der Waals surface area contributed by atoms with Gasteiger partial charge in [0.2, 0.25) is 0 Å². The van der Waals surface area contributed by atoms with E-state index in [0.29, 0.717) is 22.3 Å². The molecule has 26 heavy (non-hydrogen) atoms. The highest BCUT2D eigenvalue weighted by atomic mass is 32.1. The summed E-state index contributed by atoms with van der Waals surface area (Å²) < 4.78 is 9.56. The molecule has 0 aliphatic carbocycles. The molecule has 7 nitrogen and oxygen atoms in total. The Balaban J connectivity index is 1.82. The van der Waals surface area contributed by atoms with Gasteiger partial charge in [-0.1, -0.05) is 26.0 Å². The fraction of sp³-hybridized carbons (Fsp3) is 0.333. The van der Waals surface area contributed by atoms with Crippen molar-refractivity contribution < 1.29 is 23.9 Å². The molecule has 0 aliphatic heterocycles. The quantitative estimate of drug-likeness (QED) is 0.747. The van der Waals surface area contributed by atoms with Gasteiger partial charge in [-0.2, -0.15) is 0 Å². The Morgan fingerprint density at radius 3 is 2.50 bits per heavy atom. The highest BCUT2D eigenvalue weighted by molar-refractivity contribution is 7.13. The van der Waals surface area contributed by atoms with Crippen LogP contribution < -0.4 is 5.32 Å². The van der Waals surface area contributed by atoms with Gasteiger partial charge >= 0.3 is 11.9 Å². The van der Waals surface area contributed by atoms with Crippen LogP contribution in [0.2, 0.25) is 0 Å². The third-order valence-electron chi connectivity index (χ3n) is 3.50. The van der Waals surface area contributed by atoms with E-state index >= 15 is 0 Å². The van der Waals surface area contributed by atoms with E-state index in [1.807, 2.05) is 12.1 Å². The number of nitrogens with one attached hydrogen (secondary N) is 1. The van der Waals surface area contributed by atoms with Crippen LogP contribution in [0.15, 0.2) is 29.6 Å². The summed E-state index contributed by atoms with van der Waals surface area (Å²) in [7, 11) is 1.29. The molecule has 0 saturated heterocycles. The summed E-state index contributed by atoms with van der Waals surface area (Å²) in [5, 5.41) is 4.50. The standard InChI is InChI=1S/C18H20N2O5S/c1-11(2)12-4-6-13(7-5-12)17(23)25-9-15(21)20-18-19-14(10-26-18)8-16(22)24-3/h4-7,10-11H,8-9H2,1-3H3,(H,19,20,21). The van der Waals surface area contributed by atoms with Crippen molar-refractivity contribution in [2.45, 2.75) is 26.2 Å². The van der Waals surface area contributed by atoms with Crippen molar-refractivity contribution in [3.8, 4) is 0 Å². The van der Waals surface area contributed by atoms with Crippen LogP contribution in [0.5, 0.6) is 0 Å². The number of aromatic nitrogens is 1. The fourth-order valence-electron chi connectivity index (χ4n) is 2.04. The van der Waals surface area contributed by atoms with Crippen molar-refractivity contribution in [3.63, 3.8) is 0 Å². The average molecular weight is 376 g/mol. The lowest BCUT2D eigenvalue weighted by atomic mass is 10.0. The SMILES string of the molecule is COC(=O)Cc1csc(NC(=O)COC(=O)c2ccc(C(C)C)cc2)n1. The summed E-state index contributed by atoms with van der Waals surface area (Å²) in [6.07, 6.45) is 0.0320. The smallest absolute Gasteiger partial charge is 0.338 e. The van der Waals surface area contributed by atoms with Crippen LogP contribution >= 0.6 is 11.3 Å². The van der Waals surface area contributed by atoms with E-state index < -0.39 is 24.5 Å². The molecule has 1 amide bonds. The maximum Gasteiger partial charge on any atom is 0.338 e. The summed E-state index contributed by atoms with van der Waals surface area (Å²) in [6, 6.07) is 7.07. The Bertz CT molecular complexity index is 783. The van der Waals surface area contributed by atoms with Gasteiger partial charge < -0.3 is 9.47 Å². The number of carbonyl (C=O) groups is 3. The Morgan fingerprint density at radius 1 is 1.19 bits per heavy atom. The molecule has 0 spiro atoms. The van der Waals surface area contributed by atoms with Crippen molar-refractivity contribution >= 4 is 34.3 Å². The molecular weight excluding hydrogens is 356 g/mol. The molecule has 0 bridgehead atoms. The molecule has 1 N–H and O–H groups in total. The van der Waals surface area contributed by atoms with Crippen LogP contribution in [-0.2, 0) is 25.5 Å². The number of amides is 1. The zero-order valence-electron chi connectivity index (χ0n) is 14.8. The van der Waals surface area contributed by atoms with Crippen LogP contribution in [0.3, 0.4) is 0 Å². The molecule has 0 aliphatic rings. The number of esters is 2. The molecule has 0 saturated carbocycles. The normalized spacial score (nSPS) is 10.5. The lowest BCUT2D eigenvalue weighted by Crippen LogP contribution is -2.21. The first kappa shape index (κ1) is 19.6. The number of ether oxygens (including phenoxy) is 2. The van der Waals surface area contributed by atoms with Crippen molar-refractivity contribution in [1.29, 1.82) is 0 Å². The number of nitrogens with zero attached hydrogens (tertiary/aromatic N) is 1. The van der Waals surface area contributed by atoms with Gasteiger partial charge in [-0.3, -0.25) is 14.9 Å². The molecule has 0 fully saturated rings. The predicted octanol–water partition coefficient (Wildman–Crippen LogP) is 2.78. The molecule has 8 heteroatoms. The van der Waals surface area contributed by atoms with Crippen molar-refractivity contribution in [1.82, 2.24) is 4.98 Å². The van der Waals surface area contributed by atoms with Crippen molar-refractivity contribution in [2.24, 2.45) is 0 Å². The van der Waals surface area contributed by atoms with Crippen LogP contribution in [0.4, 0.5) is 5.13 Å². The van der Waals surface area contributed by atoms with E-state index in [9.17, 15) is 14.4 Å². The van der Waals surface area contributed by atoms with Gasteiger partial charge in [-0.25, -0.2) is 9.78 Å². The highest BCUT2D eigenvalue weighted by Gasteiger charge is 2.13. The van der Waals surface area contributed by atoms with Crippen molar-refractivity contribution in [3.05, 3.63) is 46.5 Å². The number of benzene rings is 1. The van der Waals surface area contributed by atoms with E-state index in [4.69, 9.17) is 4.74 Å². The van der Waals surface area contributed by atoms with Gasteiger partial charge in [0.05, 0.1) is 24.8 Å². The molecule has 2 aromatic rings. The Morgan fingerprint density at radius 2 is 1.88 bits per heavy atom. The number of anilines is 1. The third-order valence-corrected chi connectivity index (χ3v) is 4.31. The van der Waals surface area contributed by atoms with Gasteiger partial charge in [0.15, 0.2) is 11.7 Å². The number of methoxy groups -OCH3 is 1. The molecule has 1 heterocycles. The maximum atomic E-state index is 12.0. The molecule has 0 unspecified atom stereocenters. The summed E-state index contributed by atoms with van der Waals surface area (Å²) in [6.45, 7) is 3.70. The van der Waals surface area contributed by atoms with Crippen LogP contribution in [-0.4, -0.2) is 36.5 Å². The number of rotatable bonds is 7. The van der Waals surface area contributed by atoms with E-state index in [-0.39, 0.29) is 6.42 Å². The molecule has 1 aromatic heterocycles. The van der Waals surface area contributed by atoms with Gasteiger partial charge in [-0.15, -0.1) is 11.3 Å². The summed E-state index contributed by atoms with van der Waals surface area (Å²) in [5.41, 5.74) is 2.00. The molecule has 138 valence electrons. The van der Waals surface area contributed by atoms with Crippen LogP contribution in [0.25, 0.3) is 0 Å². The summed E-state index contributed by atoms with van der Waals surface area (Å²) in [4.78, 5) is 39.1. The zero-order valence-corrected chi connectivity index (χ0v) is 15.6. The Kier molecular flexibility index (Phi) is 6.85. The predicted molar refractivity (Wildman–Crippen MR) is 97.3 cm³/mol. The van der Waals surface area contributed by atoms with Crippen molar-refractivity contribution in [2.75, 3.05) is 19.0 Å². The highest BCUT2D eigenvalue weighted by Crippen LogP contribution is 2.17. The lowest BCUT2D eigenvalue weighted by molar-refractivity contribution is -0.139. The fourth-order valence-corrected chi connectivity index (χ4v) is 2.77. The second-order valence-electron chi connectivity index (χ2n) is 5.80. The lowest BCUT2D eigenvalue weighted by Gasteiger charge is -2.07. The van der Waals surface area contributed by atoms with Gasteiger partial charge in [-0.05, 0) is 23.6 Å². The Hall–Kier alpha value is -2.74. The van der Waals surface area contributed by atoms with E-state index in [1.165, 1.54) is 18.4 Å². The maximum absolute atomic E-state index is 12.0. The summed E-state index contributed by atoms with van der Waals surface area (Å²) >= 11 is 1.17. The average Bonchev–Trinajstić information content (AvgIpc) is 3.06. The Labute approximate surface area is 155 Å². The first-order valence-electron chi connectivity index (χ1n) is 7.97. The minimum atomic E-state index is -0.569. The zero-order chi connectivity index (χ0) is 19.1. The second kappa shape index (κ2) is 9.10. The molecular formula is C18H20N2O5S. The first-order valence-corrected chi connectivity index (χ1v) is 8.85. The first-order chi connectivity index (χ1) is 12.4. The van der Waals surface area contributed by atoms with Gasteiger partial charge in [0, 0.05) is 5.38 Å². The van der Waals surface area contributed by atoms with E-state index in [2.05, 4.69) is 28.9 Å². The molecule has 0 radical (unpaired) electrons. The largest absolute Gasteiger partial charge is 0.469 e. The number of thiazole rings is 1. The summed E-state index contributed by atoms with van der Waals surface area (Å²) in [5.74, 6) is -1.11. The minimum Gasteiger partial charge on any atom is -0.469 e. The van der Waals surface area contributed by atoms with E-state index in [0.717, 1.165) is 5.56 Å². The monoisotopic (exact) mass is 376 g/mol. The van der Waals surface area contributed by atoms with Crippen LogP contribution in [0, 0.1) is 0 Å². The van der Waals surface area contributed by atoms with Gasteiger partial charge in [0.1, 0.15) is 0 Å². The second-order valence-corrected chi connectivity index (χ2v) is 6.66. The molecule has 0 atom stereocenters. The number of hydrogen-bond donors (Lipinski definition) is 1. The number of carbonyl (C=O) groups excluding carboxylic acids is 3. The van der Waals surface area contributed by atoms with E-state index in [1.54, 1.807) is 17.5 Å². The van der Waals surface area contributed by atoms with Gasteiger partial charge in [0.25, 0.3) is 5.91 Å². The van der Waals surface area contributed by atoms with Crippen LogP contribution in [0.1, 0.15) is 41.4 Å². The minimum absolute atomic E-state index is 0.0320. The molecule has 1 aromatic carbocycles.